The monoisotopic (exact) mass is 451 g/mol. The fourth-order valence-corrected chi connectivity index (χ4v) is 10.9. The van der Waals surface area contributed by atoms with E-state index in [1.807, 2.05) is 40.8 Å². The first-order valence-corrected chi connectivity index (χ1v) is 14.2. The molecule has 0 saturated carbocycles. The Balaban J connectivity index is 2.21. The van der Waals surface area contributed by atoms with Crippen LogP contribution in [0, 0.1) is 11.5 Å². The predicted molar refractivity (Wildman–Crippen MR) is 145 cm³/mol. The van der Waals surface area contributed by atoms with Crippen LogP contribution in [0.1, 0.15) is 47.1 Å². The maximum Gasteiger partial charge on any atom is 0.255 e. The molecule has 4 aromatic rings. The number of aromatic nitrogens is 1. The molecule has 0 aliphatic rings. The zero-order chi connectivity index (χ0) is 23.8. The lowest BCUT2D eigenvalue weighted by molar-refractivity contribution is 0.838. The van der Waals surface area contributed by atoms with Gasteiger partial charge in [-0.2, -0.15) is 0 Å². The molecule has 0 aliphatic heterocycles. The quantitative estimate of drug-likeness (QED) is 0.177. The van der Waals surface area contributed by atoms with E-state index < -0.39 is 8.07 Å². The molecule has 4 rings (SSSR count). The van der Waals surface area contributed by atoms with E-state index in [9.17, 15) is 4.79 Å². The molecule has 33 heavy (non-hydrogen) atoms. The Hall–Kier alpha value is -3.09. The average Bonchev–Trinajstić information content (AvgIpc) is 2.79. The van der Waals surface area contributed by atoms with Gasteiger partial charge in [0.05, 0.1) is 16.8 Å². The fraction of sp³-hybridized carbons (Fsp3) is 0.300. The van der Waals surface area contributed by atoms with Crippen LogP contribution in [0.4, 0.5) is 0 Å². The van der Waals surface area contributed by atoms with Crippen LogP contribution in [-0.2, 0) is 0 Å². The van der Waals surface area contributed by atoms with Crippen LogP contribution in [0.5, 0.6) is 0 Å². The van der Waals surface area contributed by atoms with Crippen molar-refractivity contribution in [2.45, 2.75) is 58.2 Å². The van der Waals surface area contributed by atoms with E-state index in [1.165, 1.54) is 0 Å². The minimum atomic E-state index is -1.95. The highest BCUT2D eigenvalue weighted by Crippen LogP contribution is 2.41. The summed E-state index contributed by atoms with van der Waals surface area (Å²) in [7, 11) is -1.95. The van der Waals surface area contributed by atoms with Crippen molar-refractivity contribution in [3.8, 4) is 22.7 Å². The second-order valence-corrected chi connectivity index (χ2v) is 15.4. The Morgan fingerprint density at radius 1 is 0.697 bits per heavy atom. The van der Waals surface area contributed by atoms with Crippen molar-refractivity contribution in [3.05, 3.63) is 88.7 Å². The summed E-state index contributed by atoms with van der Waals surface area (Å²) in [5.74, 6) is 3.71. The van der Waals surface area contributed by atoms with E-state index in [-0.39, 0.29) is 5.56 Å². The molecule has 2 aromatic carbocycles. The maximum absolute atomic E-state index is 13.2. The third-order valence-corrected chi connectivity index (χ3v) is 13.5. The van der Waals surface area contributed by atoms with Crippen molar-refractivity contribution >= 4 is 24.4 Å². The highest BCUT2D eigenvalue weighted by Gasteiger charge is 2.41. The fourth-order valence-electron chi connectivity index (χ4n) is 5.69. The Morgan fingerprint density at radius 2 is 1.27 bits per heavy atom. The molecule has 0 unspecified atom stereocenters. The molecular weight excluding hydrogens is 418 g/mol. The van der Waals surface area contributed by atoms with Crippen molar-refractivity contribution in [2.75, 3.05) is 0 Å². The predicted octanol–water partition coefficient (Wildman–Crippen LogP) is 7.69. The number of hydrogen-bond donors (Lipinski definition) is 0. The van der Waals surface area contributed by atoms with Crippen molar-refractivity contribution < 1.29 is 0 Å². The summed E-state index contributed by atoms with van der Waals surface area (Å²) in [6.07, 6.45) is 0. The van der Waals surface area contributed by atoms with Gasteiger partial charge in [0, 0.05) is 16.8 Å². The van der Waals surface area contributed by atoms with Gasteiger partial charge in [-0.25, -0.2) is 0 Å². The van der Waals surface area contributed by atoms with E-state index in [2.05, 4.69) is 83.3 Å². The molecule has 0 aliphatic carbocycles. The van der Waals surface area contributed by atoms with Crippen molar-refractivity contribution in [1.29, 1.82) is 0 Å². The summed E-state index contributed by atoms with van der Waals surface area (Å²) >= 11 is 0. The lowest BCUT2D eigenvalue weighted by Crippen LogP contribution is -2.43. The Kier molecular flexibility index (Phi) is 6.32. The number of fused-ring (bicyclic) bond motifs is 3. The molecule has 168 valence electrons. The summed E-state index contributed by atoms with van der Waals surface area (Å²) in [5.41, 5.74) is 9.28. The molecule has 0 bridgehead atoms. The lowest BCUT2D eigenvalue weighted by atomic mass is 9.98. The van der Waals surface area contributed by atoms with Crippen LogP contribution in [0.2, 0.25) is 16.6 Å². The standard InChI is InChI=1S/C30H33NOSi/c1-21(2)33(22(3)4,23(5)6)20-19-27-25-15-10-11-16-26(25)28-17-12-18-29(32)31(28)30(27)24-13-8-7-9-14-24/h7-18,21-23H,1-6H3. The van der Waals surface area contributed by atoms with Crippen molar-refractivity contribution in [3.63, 3.8) is 0 Å². The molecule has 0 N–H and O–H groups in total. The number of rotatable bonds is 4. The summed E-state index contributed by atoms with van der Waals surface area (Å²) < 4.78 is 1.85. The molecule has 2 aromatic heterocycles. The number of benzene rings is 2. The SMILES string of the molecule is CC(C)[Si](C#Cc1c(-c2ccccc2)n2c(=O)cccc2c2ccccc12)(C(C)C)C(C)C. The van der Waals surface area contributed by atoms with E-state index >= 15 is 0 Å². The van der Waals surface area contributed by atoms with Crippen LogP contribution in [0.15, 0.2) is 77.6 Å². The van der Waals surface area contributed by atoms with Gasteiger partial charge in [-0.1, -0.05) is 108 Å². The Bertz CT molecular complexity index is 1400. The van der Waals surface area contributed by atoms with Crippen LogP contribution >= 0.6 is 0 Å². The average molecular weight is 452 g/mol. The van der Waals surface area contributed by atoms with Crippen molar-refractivity contribution in [1.82, 2.24) is 4.40 Å². The highest BCUT2D eigenvalue weighted by atomic mass is 28.3. The summed E-state index contributed by atoms with van der Waals surface area (Å²) in [5, 5.41) is 2.17. The molecule has 0 radical (unpaired) electrons. The lowest BCUT2D eigenvalue weighted by Gasteiger charge is -2.38. The third kappa shape index (κ3) is 3.83. The Labute approximate surface area is 198 Å². The van der Waals surface area contributed by atoms with Crippen molar-refractivity contribution in [2.24, 2.45) is 0 Å². The van der Waals surface area contributed by atoms with Gasteiger partial charge in [-0.3, -0.25) is 9.20 Å². The van der Waals surface area contributed by atoms with E-state index in [0.717, 1.165) is 33.1 Å². The third-order valence-electron chi connectivity index (χ3n) is 7.20. The maximum atomic E-state index is 13.2. The van der Waals surface area contributed by atoms with Gasteiger partial charge in [0.2, 0.25) is 0 Å². The number of pyridine rings is 2. The molecule has 0 spiro atoms. The van der Waals surface area contributed by atoms with Gasteiger partial charge >= 0.3 is 0 Å². The molecule has 0 atom stereocenters. The van der Waals surface area contributed by atoms with Crippen LogP contribution in [0.3, 0.4) is 0 Å². The van der Waals surface area contributed by atoms with Gasteiger partial charge in [-0.05, 0) is 28.3 Å². The van der Waals surface area contributed by atoms with Crippen LogP contribution in [0.25, 0.3) is 27.5 Å². The van der Waals surface area contributed by atoms with Gasteiger partial charge in [0.15, 0.2) is 0 Å². The van der Waals surface area contributed by atoms with Crippen LogP contribution in [-0.4, -0.2) is 12.5 Å². The molecule has 3 heteroatoms. The van der Waals surface area contributed by atoms with E-state index in [4.69, 9.17) is 0 Å². The first kappa shape index (κ1) is 23.1. The molecule has 2 heterocycles. The zero-order valence-electron chi connectivity index (χ0n) is 20.5. The molecule has 2 nitrogen and oxygen atoms in total. The molecule has 0 saturated heterocycles. The van der Waals surface area contributed by atoms with E-state index in [1.54, 1.807) is 6.07 Å². The largest absolute Gasteiger partial charge is 0.275 e. The van der Waals surface area contributed by atoms with Gasteiger partial charge in [-0.15, -0.1) is 5.54 Å². The van der Waals surface area contributed by atoms with Crippen LogP contribution < -0.4 is 5.56 Å². The smallest absolute Gasteiger partial charge is 0.255 e. The molecule has 0 fully saturated rings. The summed E-state index contributed by atoms with van der Waals surface area (Å²) in [6.45, 7) is 14.0. The number of nitrogens with zero attached hydrogens (tertiary/aromatic N) is 1. The normalized spacial score (nSPS) is 12.0. The molecular formula is C30H33NOSi. The second kappa shape index (κ2) is 9.04. The number of hydrogen-bond acceptors (Lipinski definition) is 1. The summed E-state index contributed by atoms with van der Waals surface area (Å²) in [6, 6.07) is 24.1. The first-order chi connectivity index (χ1) is 15.8. The first-order valence-electron chi connectivity index (χ1n) is 11.9. The second-order valence-electron chi connectivity index (χ2n) is 9.87. The Morgan fingerprint density at radius 3 is 1.88 bits per heavy atom. The van der Waals surface area contributed by atoms with Gasteiger partial charge in [0.1, 0.15) is 8.07 Å². The minimum Gasteiger partial charge on any atom is -0.275 e. The minimum absolute atomic E-state index is 0.0276. The zero-order valence-corrected chi connectivity index (χ0v) is 21.5. The van der Waals surface area contributed by atoms with E-state index in [0.29, 0.717) is 16.6 Å². The molecule has 0 amide bonds. The topological polar surface area (TPSA) is 21.5 Å². The summed E-state index contributed by atoms with van der Waals surface area (Å²) in [4.78, 5) is 13.2. The van der Waals surface area contributed by atoms with Gasteiger partial charge in [0.25, 0.3) is 5.56 Å². The van der Waals surface area contributed by atoms with Gasteiger partial charge < -0.3 is 0 Å². The highest BCUT2D eigenvalue weighted by molar-refractivity contribution is 6.90.